The van der Waals surface area contributed by atoms with Crippen molar-refractivity contribution in [1.29, 1.82) is 0 Å². The highest BCUT2D eigenvalue weighted by molar-refractivity contribution is 5.95. The van der Waals surface area contributed by atoms with Crippen molar-refractivity contribution in [2.24, 2.45) is 0 Å². The summed E-state index contributed by atoms with van der Waals surface area (Å²) in [5, 5.41) is 15.0. The molecule has 0 radical (unpaired) electrons. The maximum Gasteiger partial charge on any atom is 0.343 e. The van der Waals surface area contributed by atoms with Gasteiger partial charge in [-0.1, -0.05) is 0 Å². The van der Waals surface area contributed by atoms with Crippen LogP contribution < -0.4 is 5.73 Å². The Hall–Kier alpha value is -2.94. The van der Waals surface area contributed by atoms with Crippen molar-refractivity contribution in [2.45, 2.75) is 13.5 Å². The monoisotopic (exact) mass is 333 g/mol. The van der Waals surface area contributed by atoms with Crippen molar-refractivity contribution in [3.63, 3.8) is 0 Å². The molecule has 0 fully saturated rings. The predicted octanol–water partition coefficient (Wildman–Crippen LogP) is 1.60. The van der Waals surface area contributed by atoms with Crippen molar-refractivity contribution in [2.75, 3.05) is 26.4 Å². The number of ether oxygens (including phenoxy) is 1. The Balaban J connectivity index is 2.54. The average Bonchev–Trinajstić information content (AvgIpc) is 2.83. The van der Waals surface area contributed by atoms with E-state index in [4.69, 9.17) is 10.5 Å². The lowest BCUT2D eigenvalue weighted by Crippen LogP contribution is -2.18. The lowest BCUT2D eigenvalue weighted by atomic mass is 10.2. The van der Waals surface area contributed by atoms with Crippen molar-refractivity contribution in [3.05, 3.63) is 45.6 Å². The predicted molar refractivity (Wildman–Crippen MR) is 88.0 cm³/mol. The van der Waals surface area contributed by atoms with Gasteiger partial charge in [0.1, 0.15) is 5.56 Å². The first-order valence-corrected chi connectivity index (χ1v) is 7.29. The first-order chi connectivity index (χ1) is 11.3. The van der Waals surface area contributed by atoms with Gasteiger partial charge >= 0.3 is 5.97 Å². The molecule has 0 atom stereocenters. The average molecular weight is 333 g/mol. The maximum absolute atomic E-state index is 12.2. The molecule has 0 aliphatic heterocycles. The third-order valence-corrected chi connectivity index (χ3v) is 3.26. The van der Waals surface area contributed by atoms with Crippen LogP contribution in [0, 0.1) is 10.1 Å². The summed E-state index contributed by atoms with van der Waals surface area (Å²) in [7, 11) is 3.69. The molecule has 2 N–H and O–H groups in total. The van der Waals surface area contributed by atoms with E-state index in [2.05, 4.69) is 5.10 Å². The highest BCUT2D eigenvalue weighted by atomic mass is 16.6. The number of esters is 1. The van der Waals surface area contributed by atoms with E-state index in [-0.39, 0.29) is 23.7 Å². The third-order valence-electron chi connectivity index (χ3n) is 3.26. The number of nitrogens with two attached hydrogens (primary N) is 1. The number of benzene rings is 1. The molecule has 0 saturated heterocycles. The number of aromatic nitrogens is 2. The summed E-state index contributed by atoms with van der Waals surface area (Å²) in [6.07, 6.45) is 0. The molecule has 0 saturated carbocycles. The van der Waals surface area contributed by atoms with Crippen LogP contribution in [0.15, 0.2) is 24.3 Å². The number of hydrogen-bond acceptors (Lipinski definition) is 7. The van der Waals surface area contributed by atoms with Crippen LogP contribution in [0.4, 0.5) is 11.5 Å². The Bertz CT molecular complexity index is 752. The van der Waals surface area contributed by atoms with E-state index >= 15 is 0 Å². The molecule has 0 aliphatic rings. The van der Waals surface area contributed by atoms with Crippen molar-refractivity contribution < 1.29 is 14.5 Å². The van der Waals surface area contributed by atoms with Gasteiger partial charge in [-0.05, 0) is 33.2 Å². The molecule has 24 heavy (non-hydrogen) atoms. The zero-order chi connectivity index (χ0) is 17.9. The van der Waals surface area contributed by atoms with Gasteiger partial charge in [0, 0.05) is 18.7 Å². The molecule has 0 bridgehead atoms. The molecule has 1 heterocycles. The fourth-order valence-electron chi connectivity index (χ4n) is 2.27. The summed E-state index contributed by atoms with van der Waals surface area (Å²) in [6.45, 7) is 2.33. The van der Waals surface area contributed by atoms with Crippen LogP contribution in [0.1, 0.15) is 23.0 Å². The summed E-state index contributed by atoms with van der Waals surface area (Å²) < 4.78 is 6.56. The van der Waals surface area contributed by atoms with Gasteiger partial charge in [-0.3, -0.25) is 10.1 Å². The van der Waals surface area contributed by atoms with E-state index in [1.807, 2.05) is 19.0 Å². The van der Waals surface area contributed by atoms with E-state index in [9.17, 15) is 14.9 Å². The van der Waals surface area contributed by atoms with Crippen LogP contribution in [0.3, 0.4) is 0 Å². The number of hydrogen-bond donors (Lipinski definition) is 1. The molecule has 0 spiro atoms. The number of non-ortho nitro benzene ring substituents is 1. The van der Waals surface area contributed by atoms with Crippen molar-refractivity contribution in [3.8, 4) is 5.69 Å². The molecule has 9 nitrogen and oxygen atoms in total. The standard InChI is InChI=1S/C15H19N5O4/c1-4-24-15(21)13-12(9-18(2)3)19(17-14(13)16)10-5-7-11(8-6-10)20(22)23/h5-8H,4,9H2,1-3H3,(H2,16,17). The van der Waals surface area contributed by atoms with Crippen LogP contribution in [-0.2, 0) is 11.3 Å². The summed E-state index contributed by atoms with van der Waals surface area (Å²) in [5.41, 5.74) is 7.22. The van der Waals surface area contributed by atoms with E-state index < -0.39 is 10.9 Å². The number of rotatable bonds is 6. The number of anilines is 1. The van der Waals surface area contributed by atoms with Gasteiger partial charge in [-0.25, -0.2) is 9.48 Å². The molecular formula is C15H19N5O4. The lowest BCUT2D eigenvalue weighted by molar-refractivity contribution is -0.384. The number of carbonyl (C=O) groups is 1. The lowest BCUT2D eigenvalue weighted by Gasteiger charge is -2.13. The highest BCUT2D eigenvalue weighted by Gasteiger charge is 2.24. The molecule has 0 amide bonds. The van der Waals surface area contributed by atoms with Gasteiger partial charge < -0.3 is 15.4 Å². The molecule has 1 aromatic carbocycles. The minimum absolute atomic E-state index is 0.0290. The molecule has 2 rings (SSSR count). The summed E-state index contributed by atoms with van der Waals surface area (Å²) in [5.74, 6) is -0.483. The summed E-state index contributed by atoms with van der Waals surface area (Å²) in [6, 6.07) is 5.85. The zero-order valence-electron chi connectivity index (χ0n) is 13.7. The Morgan fingerprint density at radius 1 is 1.38 bits per heavy atom. The second-order valence-corrected chi connectivity index (χ2v) is 5.35. The van der Waals surface area contributed by atoms with E-state index in [1.165, 1.54) is 16.8 Å². The SMILES string of the molecule is CCOC(=O)c1c(N)nn(-c2ccc([N+](=O)[O-])cc2)c1CN(C)C. The number of nitrogen functional groups attached to an aromatic ring is 1. The number of nitrogens with zero attached hydrogens (tertiary/aromatic N) is 4. The topological polar surface area (TPSA) is 117 Å². The summed E-state index contributed by atoms with van der Waals surface area (Å²) in [4.78, 5) is 24.4. The minimum Gasteiger partial charge on any atom is -0.462 e. The van der Waals surface area contributed by atoms with Crippen LogP contribution in [0.5, 0.6) is 0 Å². The molecular weight excluding hydrogens is 314 g/mol. The van der Waals surface area contributed by atoms with E-state index in [1.54, 1.807) is 19.1 Å². The van der Waals surface area contributed by atoms with Gasteiger partial charge in [-0.15, -0.1) is 5.10 Å². The van der Waals surface area contributed by atoms with E-state index in [0.29, 0.717) is 17.9 Å². The van der Waals surface area contributed by atoms with Crippen LogP contribution in [0.25, 0.3) is 5.69 Å². The number of nitro benzene ring substituents is 1. The van der Waals surface area contributed by atoms with Gasteiger partial charge in [0.05, 0.1) is 22.9 Å². The highest BCUT2D eigenvalue weighted by Crippen LogP contribution is 2.24. The Kier molecular flexibility index (Phi) is 5.14. The molecule has 1 aromatic heterocycles. The quantitative estimate of drug-likeness (QED) is 0.485. The van der Waals surface area contributed by atoms with Gasteiger partial charge in [0.15, 0.2) is 5.82 Å². The third kappa shape index (κ3) is 3.51. The maximum atomic E-state index is 12.2. The normalized spacial score (nSPS) is 10.8. The fourth-order valence-corrected chi connectivity index (χ4v) is 2.27. The van der Waals surface area contributed by atoms with Crippen molar-refractivity contribution >= 4 is 17.5 Å². The smallest absolute Gasteiger partial charge is 0.343 e. The van der Waals surface area contributed by atoms with Gasteiger partial charge in [0.2, 0.25) is 0 Å². The largest absolute Gasteiger partial charge is 0.462 e. The molecule has 0 unspecified atom stereocenters. The second kappa shape index (κ2) is 7.09. The number of carbonyl (C=O) groups excluding carboxylic acids is 1. The Labute approximate surface area is 138 Å². The molecule has 0 aliphatic carbocycles. The Morgan fingerprint density at radius 3 is 2.50 bits per heavy atom. The van der Waals surface area contributed by atoms with E-state index in [0.717, 1.165) is 0 Å². The van der Waals surface area contributed by atoms with Gasteiger partial charge in [0.25, 0.3) is 5.69 Å². The molecule has 2 aromatic rings. The van der Waals surface area contributed by atoms with Crippen molar-refractivity contribution in [1.82, 2.24) is 14.7 Å². The summed E-state index contributed by atoms with van der Waals surface area (Å²) >= 11 is 0. The Morgan fingerprint density at radius 2 is 2.00 bits per heavy atom. The molecule has 9 heteroatoms. The first kappa shape index (κ1) is 17.4. The second-order valence-electron chi connectivity index (χ2n) is 5.35. The number of nitro groups is 1. The zero-order valence-corrected chi connectivity index (χ0v) is 13.7. The van der Waals surface area contributed by atoms with Crippen LogP contribution in [-0.4, -0.2) is 46.3 Å². The molecule has 128 valence electrons. The minimum atomic E-state index is -0.542. The van der Waals surface area contributed by atoms with Crippen LogP contribution >= 0.6 is 0 Å². The van der Waals surface area contributed by atoms with Crippen LogP contribution in [0.2, 0.25) is 0 Å². The fraction of sp³-hybridized carbons (Fsp3) is 0.333. The van der Waals surface area contributed by atoms with Gasteiger partial charge in [-0.2, -0.15) is 0 Å². The first-order valence-electron chi connectivity index (χ1n) is 7.29.